The van der Waals surface area contributed by atoms with Crippen LogP contribution in [0.25, 0.3) is 0 Å². The van der Waals surface area contributed by atoms with Crippen LogP contribution >= 0.6 is 0 Å². The lowest BCUT2D eigenvalue weighted by atomic mass is 10.1. The van der Waals surface area contributed by atoms with Gasteiger partial charge in [-0.2, -0.15) is 5.26 Å². The molecule has 1 aromatic carbocycles. The number of nitrogens with zero attached hydrogens (tertiary/aromatic N) is 2. The maximum atomic E-state index is 8.75. The molecule has 2 rings (SSSR count). The summed E-state index contributed by atoms with van der Waals surface area (Å²) in [5.74, 6) is 0.793. The summed E-state index contributed by atoms with van der Waals surface area (Å²) in [5, 5.41) is 13.0. The summed E-state index contributed by atoms with van der Waals surface area (Å²) in [4.78, 5) is 0. The van der Waals surface area contributed by atoms with Crippen LogP contribution in [0.1, 0.15) is 18.4 Å². The molecule has 77 valence electrons. The van der Waals surface area contributed by atoms with Gasteiger partial charge in [0.15, 0.2) is 0 Å². The summed E-state index contributed by atoms with van der Waals surface area (Å²) < 4.78 is 5.79. The number of hydrogen-bond acceptors (Lipinski definition) is 2. The van der Waals surface area contributed by atoms with Crippen molar-refractivity contribution in [2.45, 2.75) is 18.9 Å². The molecule has 0 aromatic heterocycles. The highest BCUT2D eigenvalue weighted by atomic mass is 16.5. The van der Waals surface area contributed by atoms with Gasteiger partial charge in [0.05, 0.1) is 11.6 Å². The third-order valence-corrected chi connectivity index (χ3v) is 2.48. The van der Waals surface area contributed by atoms with E-state index >= 15 is 0 Å². The van der Waals surface area contributed by atoms with Crippen LogP contribution in [-0.2, 0) is 0 Å². The predicted octanol–water partition coefficient (Wildman–Crippen LogP) is 1.70. The van der Waals surface area contributed by atoms with Crippen molar-refractivity contribution in [3.63, 3.8) is 0 Å². The van der Waals surface area contributed by atoms with Gasteiger partial charge in [0.2, 0.25) is 0 Å². The van der Waals surface area contributed by atoms with Crippen LogP contribution < -0.4 is 10.1 Å². The topological polar surface area (TPSA) is 47.1 Å². The fourth-order valence-corrected chi connectivity index (χ4v) is 1.68. The predicted molar refractivity (Wildman–Crippen MR) is 56.7 cm³/mol. The molecular weight excluding hydrogens is 188 g/mol. The Morgan fingerprint density at radius 1 is 1.33 bits per heavy atom. The van der Waals surface area contributed by atoms with E-state index in [0.29, 0.717) is 5.56 Å². The molecule has 1 aliphatic rings. The zero-order chi connectivity index (χ0) is 10.5. The molecule has 0 bridgehead atoms. The second-order valence-electron chi connectivity index (χ2n) is 3.63. The first kappa shape index (κ1) is 10.0. The van der Waals surface area contributed by atoms with E-state index in [1.165, 1.54) is 0 Å². The molecule has 1 radical (unpaired) electrons. The molecule has 15 heavy (non-hydrogen) atoms. The van der Waals surface area contributed by atoms with Gasteiger partial charge in [-0.1, -0.05) is 6.07 Å². The zero-order valence-corrected chi connectivity index (χ0v) is 8.52. The molecule has 0 aliphatic carbocycles. The standard InChI is InChI=1S/C12H13N2O/c13-9-10-2-1-3-12(8-10)15-11-4-6-14-7-5-11/h1-3,8,11H,4-7H2. The molecule has 1 saturated heterocycles. The molecule has 3 nitrogen and oxygen atoms in total. The molecule has 0 unspecified atom stereocenters. The second-order valence-corrected chi connectivity index (χ2v) is 3.63. The van der Waals surface area contributed by atoms with Gasteiger partial charge in [0.1, 0.15) is 11.9 Å². The summed E-state index contributed by atoms with van der Waals surface area (Å²) in [5.41, 5.74) is 0.646. The molecule has 1 fully saturated rings. The first-order chi connectivity index (χ1) is 7.38. The van der Waals surface area contributed by atoms with Gasteiger partial charge in [-0.05, 0) is 31.0 Å². The van der Waals surface area contributed by atoms with Gasteiger partial charge in [-0.25, -0.2) is 5.32 Å². The minimum absolute atomic E-state index is 0.261. The van der Waals surface area contributed by atoms with Crippen molar-refractivity contribution in [2.75, 3.05) is 13.1 Å². The molecule has 0 saturated carbocycles. The Balaban J connectivity index is 2.00. The number of ether oxygens (including phenoxy) is 1. The normalized spacial score (nSPS) is 17.0. The number of piperidine rings is 1. The van der Waals surface area contributed by atoms with Crippen molar-refractivity contribution < 1.29 is 4.74 Å². The van der Waals surface area contributed by atoms with Crippen molar-refractivity contribution in [3.05, 3.63) is 29.8 Å². The van der Waals surface area contributed by atoms with Crippen LogP contribution in [0, 0.1) is 11.3 Å². The maximum Gasteiger partial charge on any atom is 0.121 e. The highest BCUT2D eigenvalue weighted by Gasteiger charge is 2.14. The quantitative estimate of drug-likeness (QED) is 0.731. The highest BCUT2D eigenvalue weighted by molar-refractivity contribution is 5.36. The fraction of sp³-hybridized carbons (Fsp3) is 0.417. The van der Waals surface area contributed by atoms with Gasteiger partial charge in [-0.3, -0.25) is 0 Å². The Hall–Kier alpha value is -1.53. The third kappa shape index (κ3) is 2.71. The minimum atomic E-state index is 0.261. The van der Waals surface area contributed by atoms with Crippen molar-refractivity contribution in [2.24, 2.45) is 0 Å². The molecule has 1 aromatic rings. The van der Waals surface area contributed by atoms with Gasteiger partial charge in [0, 0.05) is 13.1 Å². The Kier molecular flexibility index (Phi) is 3.21. The lowest BCUT2D eigenvalue weighted by Crippen LogP contribution is -2.30. The van der Waals surface area contributed by atoms with Gasteiger partial charge < -0.3 is 4.74 Å². The van der Waals surface area contributed by atoms with Crippen molar-refractivity contribution >= 4 is 0 Å². The summed E-state index contributed by atoms with van der Waals surface area (Å²) in [6.07, 6.45) is 2.23. The SMILES string of the molecule is N#Cc1cccc(OC2CC[N]CC2)c1. The van der Waals surface area contributed by atoms with Gasteiger partial charge in [0.25, 0.3) is 0 Å². The number of nitriles is 1. The Morgan fingerprint density at radius 3 is 2.87 bits per heavy atom. The van der Waals surface area contributed by atoms with E-state index in [9.17, 15) is 0 Å². The summed E-state index contributed by atoms with van der Waals surface area (Å²) in [7, 11) is 0. The Bertz CT molecular complexity index is 364. The first-order valence-electron chi connectivity index (χ1n) is 5.18. The smallest absolute Gasteiger partial charge is 0.121 e. The largest absolute Gasteiger partial charge is 0.490 e. The van der Waals surface area contributed by atoms with E-state index in [-0.39, 0.29) is 6.10 Å². The molecule has 0 N–H and O–H groups in total. The van der Waals surface area contributed by atoms with E-state index in [1.54, 1.807) is 12.1 Å². The van der Waals surface area contributed by atoms with E-state index in [0.717, 1.165) is 31.7 Å². The summed E-state index contributed by atoms with van der Waals surface area (Å²) >= 11 is 0. The Morgan fingerprint density at radius 2 is 2.13 bits per heavy atom. The average Bonchev–Trinajstić information content (AvgIpc) is 2.31. The summed E-state index contributed by atoms with van der Waals surface area (Å²) in [6.45, 7) is 1.78. The average molecular weight is 201 g/mol. The van der Waals surface area contributed by atoms with Crippen LogP contribution in [0.15, 0.2) is 24.3 Å². The van der Waals surface area contributed by atoms with E-state index in [2.05, 4.69) is 11.4 Å². The molecule has 0 atom stereocenters. The Labute approximate surface area is 89.7 Å². The molecule has 1 heterocycles. The second kappa shape index (κ2) is 4.81. The number of rotatable bonds is 2. The molecule has 3 heteroatoms. The molecule has 1 aliphatic heterocycles. The number of benzene rings is 1. The zero-order valence-electron chi connectivity index (χ0n) is 8.52. The van der Waals surface area contributed by atoms with Gasteiger partial charge in [-0.15, -0.1) is 0 Å². The number of hydrogen-bond donors (Lipinski definition) is 0. The molecule has 0 spiro atoms. The van der Waals surface area contributed by atoms with Crippen LogP contribution in [0.4, 0.5) is 0 Å². The van der Waals surface area contributed by atoms with Crippen molar-refractivity contribution in [1.82, 2.24) is 5.32 Å². The van der Waals surface area contributed by atoms with E-state index in [1.807, 2.05) is 12.1 Å². The van der Waals surface area contributed by atoms with Crippen LogP contribution in [0.3, 0.4) is 0 Å². The minimum Gasteiger partial charge on any atom is -0.490 e. The maximum absolute atomic E-state index is 8.75. The summed E-state index contributed by atoms with van der Waals surface area (Å²) in [6, 6.07) is 9.41. The molecular formula is C12H13N2O. The van der Waals surface area contributed by atoms with Gasteiger partial charge >= 0.3 is 0 Å². The lowest BCUT2D eigenvalue weighted by molar-refractivity contribution is 0.161. The fourth-order valence-electron chi connectivity index (χ4n) is 1.68. The van der Waals surface area contributed by atoms with Crippen molar-refractivity contribution in [1.29, 1.82) is 5.26 Å². The van der Waals surface area contributed by atoms with E-state index in [4.69, 9.17) is 10.00 Å². The van der Waals surface area contributed by atoms with E-state index < -0.39 is 0 Å². The van der Waals surface area contributed by atoms with Crippen molar-refractivity contribution in [3.8, 4) is 11.8 Å². The van der Waals surface area contributed by atoms with Crippen LogP contribution in [0.2, 0.25) is 0 Å². The lowest BCUT2D eigenvalue weighted by Gasteiger charge is -2.22. The van der Waals surface area contributed by atoms with Crippen LogP contribution in [-0.4, -0.2) is 19.2 Å². The monoisotopic (exact) mass is 201 g/mol. The third-order valence-electron chi connectivity index (χ3n) is 2.48. The highest BCUT2D eigenvalue weighted by Crippen LogP contribution is 2.17. The van der Waals surface area contributed by atoms with Crippen LogP contribution in [0.5, 0.6) is 5.75 Å². The molecule has 0 amide bonds. The first-order valence-corrected chi connectivity index (χ1v) is 5.18.